The Balaban J connectivity index is 2.14. The van der Waals surface area contributed by atoms with Crippen molar-refractivity contribution in [3.63, 3.8) is 0 Å². The molecule has 90 valence electrons. The van der Waals surface area contributed by atoms with E-state index in [2.05, 4.69) is 22.4 Å². The molecular weight excluding hydrogens is 210 g/mol. The monoisotopic (exact) mass is 229 g/mol. The summed E-state index contributed by atoms with van der Waals surface area (Å²) >= 11 is 0. The molecule has 0 saturated carbocycles. The molecule has 2 rings (SSSR count). The van der Waals surface area contributed by atoms with Crippen molar-refractivity contribution < 1.29 is 0 Å². The molecule has 3 nitrogen and oxygen atoms in total. The molecule has 1 aromatic carbocycles. The number of hydrogen-bond donors (Lipinski definition) is 1. The number of nitrogens with zero attached hydrogens (tertiary/aromatic N) is 2. The van der Waals surface area contributed by atoms with Gasteiger partial charge in [0.15, 0.2) is 0 Å². The van der Waals surface area contributed by atoms with E-state index >= 15 is 0 Å². The van der Waals surface area contributed by atoms with Crippen LogP contribution in [0, 0.1) is 17.2 Å². The molecule has 0 radical (unpaired) electrons. The van der Waals surface area contributed by atoms with Crippen LogP contribution in [0.3, 0.4) is 0 Å². The highest BCUT2D eigenvalue weighted by molar-refractivity contribution is 5.59. The smallest absolute Gasteiger partial charge is 0.101 e. The lowest BCUT2D eigenvalue weighted by Crippen LogP contribution is -2.39. The van der Waals surface area contributed by atoms with Crippen molar-refractivity contribution in [3.05, 3.63) is 29.8 Å². The van der Waals surface area contributed by atoms with Gasteiger partial charge in [0, 0.05) is 13.1 Å². The molecule has 1 fully saturated rings. The first-order valence-corrected chi connectivity index (χ1v) is 6.24. The maximum atomic E-state index is 9.13. The van der Waals surface area contributed by atoms with Crippen molar-refractivity contribution in [2.75, 3.05) is 31.6 Å². The van der Waals surface area contributed by atoms with Crippen LogP contribution in [0.2, 0.25) is 0 Å². The number of anilines is 1. The van der Waals surface area contributed by atoms with Gasteiger partial charge in [-0.25, -0.2) is 0 Å². The van der Waals surface area contributed by atoms with Crippen LogP contribution < -0.4 is 10.2 Å². The molecule has 0 amide bonds. The van der Waals surface area contributed by atoms with Gasteiger partial charge < -0.3 is 10.2 Å². The summed E-state index contributed by atoms with van der Waals surface area (Å²) in [6, 6.07) is 10.2. The number of nitriles is 1. The SMILES string of the molecule is CNCC1CCCN(c2ccccc2C#N)C1. The van der Waals surface area contributed by atoms with Gasteiger partial charge in [-0.2, -0.15) is 5.26 Å². The minimum Gasteiger partial charge on any atom is -0.370 e. The lowest BCUT2D eigenvalue weighted by Gasteiger charge is -2.34. The van der Waals surface area contributed by atoms with Crippen molar-refractivity contribution in [2.24, 2.45) is 5.92 Å². The van der Waals surface area contributed by atoms with E-state index in [1.165, 1.54) is 12.8 Å². The molecule has 17 heavy (non-hydrogen) atoms. The Bertz CT molecular complexity index is 406. The van der Waals surface area contributed by atoms with Crippen LogP contribution in [0.4, 0.5) is 5.69 Å². The summed E-state index contributed by atoms with van der Waals surface area (Å²) in [7, 11) is 2.00. The summed E-state index contributed by atoms with van der Waals surface area (Å²) < 4.78 is 0. The Labute approximate surface area is 103 Å². The Morgan fingerprint density at radius 1 is 1.47 bits per heavy atom. The fourth-order valence-corrected chi connectivity index (χ4v) is 2.58. The van der Waals surface area contributed by atoms with E-state index in [-0.39, 0.29) is 0 Å². The molecule has 1 N–H and O–H groups in total. The summed E-state index contributed by atoms with van der Waals surface area (Å²) in [6.45, 7) is 3.18. The van der Waals surface area contributed by atoms with E-state index in [1.54, 1.807) is 0 Å². The van der Waals surface area contributed by atoms with Gasteiger partial charge in [-0.3, -0.25) is 0 Å². The Morgan fingerprint density at radius 2 is 2.29 bits per heavy atom. The van der Waals surface area contributed by atoms with Crippen molar-refractivity contribution in [2.45, 2.75) is 12.8 Å². The molecule has 1 heterocycles. The van der Waals surface area contributed by atoms with E-state index in [9.17, 15) is 0 Å². The van der Waals surface area contributed by atoms with Gasteiger partial charge in [0.2, 0.25) is 0 Å². The number of hydrogen-bond acceptors (Lipinski definition) is 3. The van der Waals surface area contributed by atoms with Gasteiger partial charge in [0.1, 0.15) is 6.07 Å². The predicted molar refractivity (Wildman–Crippen MR) is 70.0 cm³/mol. The standard InChI is InChI=1S/C14H19N3/c1-16-10-12-5-4-8-17(11-12)14-7-3-2-6-13(14)9-15/h2-3,6-7,12,16H,4-5,8,10-11H2,1H3. The normalized spacial score (nSPS) is 20.0. The highest BCUT2D eigenvalue weighted by Crippen LogP contribution is 2.25. The van der Waals surface area contributed by atoms with Crippen LogP contribution >= 0.6 is 0 Å². The fraction of sp³-hybridized carbons (Fsp3) is 0.500. The van der Waals surface area contributed by atoms with Crippen LogP contribution in [0.5, 0.6) is 0 Å². The number of para-hydroxylation sites is 1. The second kappa shape index (κ2) is 5.70. The highest BCUT2D eigenvalue weighted by atomic mass is 15.1. The third-order valence-corrected chi connectivity index (χ3v) is 3.38. The number of nitrogens with one attached hydrogen (secondary N) is 1. The van der Waals surface area contributed by atoms with E-state index in [4.69, 9.17) is 5.26 Å². The predicted octanol–water partition coefficient (Wildman–Crippen LogP) is 1.99. The summed E-state index contributed by atoms with van der Waals surface area (Å²) in [5.41, 5.74) is 1.88. The molecule has 1 atom stereocenters. The number of benzene rings is 1. The number of piperidine rings is 1. The first kappa shape index (κ1) is 11.9. The minimum atomic E-state index is 0.695. The maximum Gasteiger partial charge on any atom is 0.101 e. The Hall–Kier alpha value is -1.53. The molecule has 1 saturated heterocycles. The van der Waals surface area contributed by atoms with E-state index in [1.807, 2.05) is 25.2 Å². The zero-order valence-electron chi connectivity index (χ0n) is 10.3. The Kier molecular flexibility index (Phi) is 4.00. The fourth-order valence-electron chi connectivity index (χ4n) is 2.58. The number of rotatable bonds is 3. The molecule has 3 heteroatoms. The average Bonchev–Trinajstić information content (AvgIpc) is 2.39. The van der Waals surface area contributed by atoms with Crippen LogP contribution in [0.15, 0.2) is 24.3 Å². The van der Waals surface area contributed by atoms with Gasteiger partial charge in [-0.15, -0.1) is 0 Å². The third-order valence-electron chi connectivity index (χ3n) is 3.38. The molecular formula is C14H19N3. The quantitative estimate of drug-likeness (QED) is 0.861. The molecule has 1 unspecified atom stereocenters. The van der Waals surface area contributed by atoms with Crippen molar-refractivity contribution in [3.8, 4) is 6.07 Å². The van der Waals surface area contributed by atoms with Crippen LogP contribution in [-0.4, -0.2) is 26.7 Å². The molecule has 0 spiro atoms. The van der Waals surface area contributed by atoms with Crippen molar-refractivity contribution >= 4 is 5.69 Å². The van der Waals surface area contributed by atoms with Gasteiger partial charge >= 0.3 is 0 Å². The van der Waals surface area contributed by atoms with Crippen LogP contribution in [0.25, 0.3) is 0 Å². The maximum absolute atomic E-state index is 9.13. The highest BCUT2D eigenvalue weighted by Gasteiger charge is 2.20. The molecule has 0 bridgehead atoms. The molecule has 0 aliphatic carbocycles. The van der Waals surface area contributed by atoms with Gasteiger partial charge in [-0.05, 0) is 44.5 Å². The molecule has 0 aromatic heterocycles. The zero-order valence-corrected chi connectivity index (χ0v) is 10.3. The molecule has 1 aliphatic heterocycles. The van der Waals surface area contributed by atoms with Gasteiger partial charge in [-0.1, -0.05) is 12.1 Å². The van der Waals surface area contributed by atoms with Gasteiger partial charge in [0.25, 0.3) is 0 Å². The second-order valence-electron chi connectivity index (χ2n) is 4.64. The van der Waals surface area contributed by atoms with Crippen molar-refractivity contribution in [1.82, 2.24) is 5.32 Å². The summed E-state index contributed by atoms with van der Waals surface area (Å²) in [5, 5.41) is 12.4. The summed E-state index contributed by atoms with van der Waals surface area (Å²) in [6.07, 6.45) is 2.50. The van der Waals surface area contributed by atoms with E-state index in [0.29, 0.717) is 5.92 Å². The van der Waals surface area contributed by atoms with E-state index < -0.39 is 0 Å². The van der Waals surface area contributed by atoms with Gasteiger partial charge in [0.05, 0.1) is 11.3 Å². The van der Waals surface area contributed by atoms with Crippen LogP contribution in [0.1, 0.15) is 18.4 Å². The molecule has 1 aliphatic rings. The Morgan fingerprint density at radius 3 is 3.06 bits per heavy atom. The van der Waals surface area contributed by atoms with E-state index in [0.717, 1.165) is 30.9 Å². The molecule has 1 aromatic rings. The minimum absolute atomic E-state index is 0.695. The topological polar surface area (TPSA) is 39.1 Å². The average molecular weight is 229 g/mol. The zero-order chi connectivity index (χ0) is 12.1. The lowest BCUT2D eigenvalue weighted by atomic mass is 9.97. The van der Waals surface area contributed by atoms with Crippen molar-refractivity contribution in [1.29, 1.82) is 5.26 Å². The first-order valence-electron chi connectivity index (χ1n) is 6.24. The third kappa shape index (κ3) is 2.78. The second-order valence-corrected chi connectivity index (χ2v) is 4.64. The first-order chi connectivity index (χ1) is 8.35. The largest absolute Gasteiger partial charge is 0.370 e. The summed E-state index contributed by atoms with van der Waals surface area (Å²) in [5.74, 6) is 0.695. The summed E-state index contributed by atoms with van der Waals surface area (Å²) in [4.78, 5) is 2.35. The van der Waals surface area contributed by atoms with Crippen LogP contribution in [-0.2, 0) is 0 Å². The lowest BCUT2D eigenvalue weighted by molar-refractivity contribution is 0.403.